The van der Waals surface area contributed by atoms with Crippen molar-refractivity contribution in [2.24, 2.45) is 0 Å². The van der Waals surface area contributed by atoms with Gasteiger partial charge in [-0.15, -0.1) is 0 Å². The van der Waals surface area contributed by atoms with Gasteiger partial charge < -0.3 is 19.5 Å². The predicted octanol–water partition coefficient (Wildman–Crippen LogP) is 2.49. The highest BCUT2D eigenvalue weighted by molar-refractivity contribution is 5.79. The van der Waals surface area contributed by atoms with Crippen molar-refractivity contribution in [1.82, 2.24) is 4.90 Å². The lowest BCUT2D eigenvalue weighted by atomic mass is 10.0. The molecule has 1 atom stereocenters. The standard InChI is InChI=1S/C21H23NO5/c23-19(22-11-12-26-14-18(22)13-20(24)25)15-27-21(16-7-3-1-4-8-16)17-9-5-2-6-10-17/h1-10,18,21H,11-15H2,(H,24,25). The molecule has 1 heterocycles. The van der Waals surface area contributed by atoms with E-state index in [0.717, 1.165) is 11.1 Å². The maximum atomic E-state index is 12.7. The Bertz CT molecular complexity index is 710. The van der Waals surface area contributed by atoms with Crippen LogP contribution < -0.4 is 0 Å². The van der Waals surface area contributed by atoms with Crippen LogP contribution in [-0.2, 0) is 19.1 Å². The zero-order chi connectivity index (χ0) is 19.1. The number of carbonyl (C=O) groups excluding carboxylic acids is 1. The van der Waals surface area contributed by atoms with Gasteiger partial charge in [-0.3, -0.25) is 9.59 Å². The smallest absolute Gasteiger partial charge is 0.305 e. The third kappa shape index (κ3) is 5.15. The van der Waals surface area contributed by atoms with Gasteiger partial charge in [0.05, 0.1) is 25.7 Å². The predicted molar refractivity (Wildman–Crippen MR) is 99.3 cm³/mol. The molecule has 3 rings (SSSR count). The topological polar surface area (TPSA) is 76.1 Å². The normalized spacial score (nSPS) is 17.1. The fourth-order valence-corrected chi connectivity index (χ4v) is 3.23. The van der Waals surface area contributed by atoms with Crippen molar-refractivity contribution in [3.63, 3.8) is 0 Å². The van der Waals surface area contributed by atoms with E-state index in [9.17, 15) is 9.59 Å². The van der Waals surface area contributed by atoms with Gasteiger partial charge in [0.15, 0.2) is 0 Å². The minimum Gasteiger partial charge on any atom is -0.481 e. The molecule has 1 saturated heterocycles. The molecule has 1 amide bonds. The van der Waals surface area contributed by atoms with Crippen LogP contribution in [0.2, 0.25) is 0 Å². The molecule has 2 aromatic carbocycles. The van der Waals surface area contributed by atoms with Crippen molar-refractivity contribution < 1.29 is 24.2 Å². The summed E-state index contributed by atoms with van der Waals surface area (Å²) >= 11 is 0. The first kappa shape index (κ1) is 19.1. The van der Waals surface area contributed by atoms with Crippen LogP contribution in [0.4, 0.5) is 0 Å². The van der Waals surface area contributed by atoms with E-state index in [1.807, 2.05) is 60.7 Å². The number of nitrogens with zero attached hydrogens (tertiary/aromatic N) is 1. The van der Waals surface area contributed by atoms with Gasteiger partial charge in [0, 0.05) is 6.54 Å². The van der Waals surface area contributed by atoms with Gasteiger partial charge in [-0.25, -0.2) is 0 Å². The Hall–Kier alpha value is -2.70. The second kappa shape index (κ2) is 9.30. The van der Waals surface area contributed by atoms with Gasteiger partial charge in [-0.05, 0) is 11.1 Å². The van der Waals surface area contributed by atoms with Gasteiger partial charge in [0.2, 0.25) is 5.91 Å². The Morgan fingerprint density at radius 3 is 2.22 bits per heavy atom. The molecule has 0 radical (unpaired) electrons. The molecule has 0 saturated carbocycles. The number of carboxylic acids is 1. The number of ether oxygens (including phenoxy) is 2. The molecule has 0 aliphatic carbocycles. The summed E-state index contributed by atoms with van der Waals surface area (Å²) in [6.07, 6.45) is -0.498. The first-order valence-electron chi connectivity index (χ1n) is 8.95. The fourth-order valence-electron chi connectivity index (χ4n) is 3.23. The highest BCUT2D eigenvalue weighted by atomic mass is 16.5. The van der Waals surface area contributed by atoms with Crippen LogP contribution in [-0.4, -0.2) is 54.3 Å². The number of benzene rings is 2. The van der Waals surface area contributed by atoms with Gasteiger partial charge in [0.25, 0.3) is 0 Å². The van der Waals surface area contributed by atoms with Crippen molar-refractivity contribution in [2.45, 2.75) is 18.6 Å². The molecule has 1 aliphatic heterocycles. The zero-order valence-electron chi connectivity index (χ0n) is 15.0. The summed E-state index contributed by atoms with van der Waals surface area (Å²) in [7, 11) is 0. The van der Waals surface area contributed by atoms with E-state index in [0.29, 0.717) is 13.2 Å². The Morgan fingerprint density at radius 1 is 1.07 bits per heavy atom. The molecule has 1 fully saturated rings. The number of aliphatic carboxylic acids is 1. The van der Waals surface area contributed by atoms with Gasteiger partial charge in [0.1, 0.15) is 12.7 Å². The number of carbonyl (C=O) groups is 2. The maximum Gasteiger partial charge on any atom is 0.305 e. The Labute approximate surface area is 158 Å². The average molecular weight is 369 g/mol. The summed E-state index contributed by atoms with van der Waals surface area (Å²) in [5, 5.41) is 9.06. The van der Waals surface area contributed by atoms with E-state index in [1.165, 1.54) is 0 Å². The van der Waals surface area contributed by atoms with Gasteiger partial charge in [-0.2, -0.15) is 0 Å². The summed E-state index contributed by atoms with van der Waals surface area (Å²) in [6.45, 7) is 0.896. The monoisotopic (exact) mass is 369 g/mol. The Morgan fingerprint density at radius 2 is 1.67 bits per heavy atom. The largest absolute Gasteiger partial charge is 0.481 e. The van der Waals surface area contributed by atoms with Crippen LogP contribution in [0.15, 0.2) is 60.7 Å². The third-order valence-corrected chi connectivity index (χ3v) is 4.54. The second-order valence-corrected chi connectivity index (χ2v) is 6.43. The molecule has 0 aromatic heterocycles. The van der Waals surface area contributed by atoms with Crippen molar-refractivity contribution >= 4 is 11.9 Å². The number of rotatable bonds is 7. The maximum absolute atomic E-state index is 12.7. The Balaban J connectivity index is 1.71. The molecular weight excluding hydrogens is 346 g/mol. The molecule has 6 nitrogen and oxygen atoms in total. The lowest BCUT2D eigenvalue weighted by molar-refractivity contribution is -0.150. The summed E-state index contributed by atoms with van der Waals surface area (Å²) in [5.41, 5.74) is 1.92. The van der Waals surface area contributed by atoms with Crippen LogP contribution in [0.25, 0.3) is 0 Å². The number of morpholine rings is 1. The van der Waals surface area contributed by atoms with Crippen LogP contribution in [0.1, 0.15) is 23.7 Å². The summed E-state index contributed by atoms with van der Waals surface area (Å²) in [4.78, 5) is 25.3. The quantitative estimate of drug-likeness (QED) is 0.812. The fraction of sp³-hybridized carbons (Fsp3) is 0.333. The lowest BCUT2D eigenvalue weighted by Crippen LogP contribution is -2.50. The van der Waals surface area contributed by atoms with Crippen molar-refractivity contribution in [3.05, 3.63) is 71.8 Å². The highest BCUT2D eigenvalue weighted by Gasteiger charge is 2.29. The zero-order valence-corrected chi connectivity index (χ0v) is 15.0. The number of hydrogen-bond acceptors (Lipinski definition) is 4. The molecular formula is C21H23NO5. The number of carboxylic acid groups (broad SMARTS) is 1. The molecule has 1 N–H and O–H groups in total. The third-order valence-electron chi connectivity index (χ3n) is 4.54. The average Bonchev–Trinajstić information content (AvgIpc) is 2.69. The van der Waals surface area contributed by atoms with Crippen molar-refractivity contribution in [1.29, 1.82) is 0 Å². The van der Waals surface area contributed by atoms with Crippen LogP contribution >= 0.6 is 0 Å². The summed E-state index contributed by atoms with van der Waals surface area (Å²) in [6, 6.07) is 19.0. The van der Waals surface area contributed by atoms with Crippen molar-refractivity contribution in [2.75, 3.05) is 26.4 Å². The van der Waals surface area contributed by atoms with E-state index in [-0.39, 0.29) is 31.6 Å². The summed E-state index contributed by atoms with van der Waals surface area (Å²) < 4.78 is 11.3. The van der Waals surface area contributed by atoms with E-state index in [4.69, 9.17) is 14.6 Å². The minimum absolute atomic E-state index is 0.120. The second-order valence-electron chi connectivity index (χ2n) is 6.43. The molecule has 6 heteroatoms. The van der Waals surface area contributed by atoms with Crippen molar-refractivity contribution in [3.8, 4) is 0 Å². The highest BCUT2D eigenvalue weighted by Crippen LogP contribution is 2.26. The molecule has 27 heavy (non-hydrogen) atoms. The first-order chi connectivity index (χ1) is 13.1. The van der Waals surface area contributed by atoms with E-state index in [2.05, 4.69) is 0 Å². The Kier molecular flexibility index (Phi) is 6.57. The molecule has 1 unspecified atom stereocenters. The lowest BCUT2D eigenvalue weighted by Gasteiger charge is -2.35. The van der Waals surface area contributed by atoms with E-state index < -0.39 is 12.0 Å². The molecule has 142 valence electrons. The van der Waals surface area contributed by atoms with Crippen LogP contribution in [0.3, 0.4) is 0 Å². The summed E-state index contributed by atoms with van der Waals surface area (Å²) in [5.74, 6) is -1.17. The number of amides is 1. The van der Waals surface area contributed by atoms with Gasteiger partial charge in [-0.1, -0.05) is 60.7 Å². The number of hydrogen-bond donors (Lipinski definition) is 1. The van der Waals surface area contributed by atoms with E-state index >= 15 is 0 Å². The molecule has 1 aliphatic rings. The van der Waals surface area contributed by atoms with Gasteiger partial charge >= 0.3 is 5.97 Å². The van der Waals surface area contributed by atoms with E-state index in [1.54, 1.807) is 4.90 Å². The molecule has 2 aromatic rings. The van der Waals surface area contributed by atoms with Crippen LogP contribution in [0, 0.1) is 0 Å². The first-order valence-corrected chi connectivity index (χ1v) is 8.95. The molecule has 0 spiro atoms. The minimum atomic E-state index is -0.948. The van der Waals surface area contributed by atoms with Crippen LogP contribution in [0.5, 0.6) is 0 Å². The SMILES string of the molecule is O=C(O)CC1COCCN1C(=O)COC(c1ccccc1)c1ccccc1. The molecule has 0 bridgehead atoms.